The normalized spacial score (nSPS) is 23.1. The number of carboxylic acid groups (broad SMARTS) is 1. The van der Waals surface area contributed by atoms with E-state index in [0.717, 1.165) is 6.42 Å². The Bertz CT molecular complexity index is 309. The SMILES string of the molecule is CCCN(C(=O)NN(C)C)C1COCC1C(=O)O. The predicted molar refractivity (Wildman–Crippen MR) is 64.9 cm³/mol. The van der Waals surface area contributed by atoms with Crippen LogP contribution in [0.4, 0.5) is 4.79 Å². The minimum absolute atomic E-state index is 0.162. The molecule has 0 saturated carbocycles. The van der Waals surface area contributed by atoms with E-state index in [1.54, 1.807) is 19.0 Å². The van der Waals surface area contributed by atoms with Crippen molar-refractivity contribution in [2.24, 2.45) is 5.92 Å². The Balaban J connectivity index is 2.77. The maximum Gasteiger partial charge on any atom is 0.332 e. The second kappa shape index (κ2) is 6.55. The van der Waals surface area contributed by atoms with Crippen LogP contribution in [0, 0.1) is 5.92 Å². The van der Waals surface area contributed by atoms with Crippen molar-refractivity contribution >= 4 is 12.0 Å². The summed E-state index contributed by atoms with van der Waals surface area (Å²) in [5, 5.41) is 10.7. The first kappa shape index (κ1) is 14.7. The molecular weight excluding hydrogens is 238 g/mol. The van der Waals surface area contributed by atoms with E-state index >= 15 is 0 Å². The molecule has 0 aromatic heterocycles. The molecule has 7 heteroatoms. The highest BCUT2D eigenvalue weighted by Crippen LogP contribution is 2.20. The van der Waals surface area contributed by atoms with Crippen molar-refractivity contribution in [3.8, 4) is 0 Å². The molecule has 1 aliphatic rings. The zero-order chi connectivity index (χ0) is 13.7. The number of nitrogens with one attached hydrogen (secondary N) is 1. The van der Waals surface area contributed by atoms with Gasteiger partial charge in [0.25, 0.3) is 0 Å². The molecule has 0 radical (unpaired) electrons. The zero-order valence-electron chi connectivity index (χ0n) is 11.0. The third-order valence-electron chi connectivity index (χ3n) is 2.81. The molecule has 2 N–H and O–H groups in total. The Kier molecular flexibility index (Phi) is 5.36. The number of nitrogens with zero attached hydrogens (tertiary/aromatic N) is 2. The summed E-state index contributed by atoms with van der Waals surface area (Å²) in [7, 11) is 3.42. The third-order valence-corrected chi connectivity index (χ3v) is 2.81. The molecule has 2 unspecified atom stereocenters. The van der Waals surface area contributed by atoms with Gasteiger partial charge < -0.3 is 14.7 Å². The van der Waals surface area contributed by atoms with Crippen LogP contribution in [0.2, 0.25) is 0 Å². The number of hydrogen-bond donors (Lipinski definition) is 2. The van der Waals surface area contributed by atoms with Gasteiger partial charge in [0.1, 0.15) is 5.92 Å². The van der Waals surface area contributed by atoms with E-state index in [-0.39, 0.29) is 19.2 Å². The summed E-state index contributed by atoms with van der Waals surface area (Å²) in [4.78, 5) is 24.7. The fraction of sp³-hybridized carbons (Fsp3) is 0.818. The van der Waals surface area contributed by atoms with Crippen molar-refractivity contribution in [2.45, 2.75) is 19.4 Å². The van der Waals surface area contributed by atoms with Crippen LogP contribution in [-0.4, -0.2) is 66.9 Å². The molecule has 2 amide bonds. The van der Waals surface area contributed by atoms with E-state index < -0.39 is 17.9 Å². The summed E-state index contributed by atoms with van der Waals surface area (Å²) >= 11 is 0. The summed E-state index contributed by atoms with van der Waals surface area (Å²) in [6.07, 6.45) is 0.768. The average molecular weight is 259 g/mol. The first-order chi connectivity index (χ1) is 8.47. The zero-order valence-corrected chi connectivity index (χ0v) is 11.0. The molecular formula is C11H21N3O4. The molecule has 0 aliphatic carbocycles. The van der Waals surface area contributed by atoms with Gasteiger partial charge in [-0.05, 0) is 6.42 Å². The van der Waals surface area contributed by atoms with E-state index in [4.69, 9.17) is 9.84 Å². The summed E-state index contributed by atoms with van der Waals surface area (Å²) in [5.41, 5.74) is 2.64. The first-order valence-corrected chi connectivity index (χ1v) is 6.02. The van der Waals surface area contributed by atoms with Crippen molar-refractivity contribution in [1.29, 1.82) is 0 Å². The summed E-state index contributed by atoms with van der Waals surface area (Å²) in [6.45, 7) is 2.90. The summed E-state index contributed by atoms with van der Waals surface area (Å²) in [5.74, 6) is -1.57. The highest BCUT2D eigenvalue weighted by atomic mass is 16.5. The number of carboxylic acids is 1. The van der Waals surface area contributed by atoms with Crippen LogP contribution in [0.3, 0.4) is 0 Å². The second-order valence-corrected chi connectivity index (χ2v) is 4.55. The number of hydrogen-bond acceptors (Lipinski definition) is 4. The quantitative estimate of drug-likeness (QED) is 0.678. The molecule has 0 aromatic rings. The molecule has 7 nitrogen and oxygen atoms in total. The van der Waals surface area contributed by atoms with E-state index in [9.17, 15) is 9.59 Å². The van der Waals surface area contributed by atoms with E-state index in [0.29, 0.717) is 6.54 Å². The Labute approximate surface area is 107 Å². The molecule has 104 valence electrons. The fourth-order valence-electron chi connectivity index (χ4n) is 2.00. The van der Waals surface area contributed by atoms with E-state index in [2.05, 4.69) is 5.43 Å². The Morgan fingerprint density at radius 2 is 2.06 bits per heavy atom. The number of hydrazine groups is 1. The van der Waals surface area contributed by atoms with Crippen molar-refractivity contribution in [3.63, 3.8) is 0 Å². The van der Waals surface area contributed by atoms with Crippen LogP contribution in [0.15, 0.2) is 0 Å². The molecule has 1 saturated heterocycles. The van der Waals surface area contributed by atoms with Gasteiger partial charge >= 0.3 is 12.0 Å². The van der Waals surface area contributed by atoms with E-state index in [1.807, 2.05) is 6.92 Å². The standard InChI is InChI=1S/C11H21N3O4/c1-4-5-14(11(17)12-13(2)3)9-7-18-6-8(9)10(15)16/h8-9H,4-7H2,1-3H3,(H,12,17)(H,15,16). The van der Waals surface area contributed by atoms with Crippen molar-refractivity contribution in [1.82, 2.24) is 15.3 Å². The molecule has 0 spiro atoms. The van der Waals surface area contributed by atoms with Gasteiger partial charge in [0.05, 0.1) is 19.3 Å². The van der Waals surface area contributed by atoms with Crippen LogP contribution >= 0.6 is 0 Å². The molecule has 1 heterocycles. The van der Waals surface area contributed by atoms with Gasteiger partial charge in [0.2, 0.25) is 0 Å². The van der Waals surface area contributed by atoms with Gasteiger partial charge in [-0.2, -0.15) is 0 Å². The molecule has 1 rings (SSSR count). The van der Waals surface area contributed by atoms with Crippen LogP contribution in [-0.2, 0) is 9.53 Å². The average Bonchev–Trinajstić information content (AvgIpc) is 2.73. The molecule has 1 aliphatic heterocycles. The number of amides is 2. The highest BCUT2D eigenvalue weighted by molar-refractivity contribution is 5.77. The summed E-state index contributed by atoms with van der Waals surface area (Å²) in [6, 6.07) is -0.689. The number of carbonyl (C=O) groups is 2. The van der Waals surface area contributed by atoms with Crippen molar-refractivity contribution < 1.29 is 19.4 Å². The lowest BCUT2D eigenvalue weighted by molar-refractivity contribution is -0.142. The lowest BCUT2D eigenvalue weighted by atomic mass is 10.0. The largest absolute Gasteiger partial charge is 0.481 e. The first-order valence-electron chi connectivity index (χ1n) is 6.02. The molecule has 0 aromatic carbocycles. The number of ether oxygens (including phenoxy) is 1. The van der Waals surface area contributed by atoms with Crippen LogP contribution < -0.4 is 5.43 Å². The number of carbonyl (C=O) groups excluding carboxylic acids is 1. The minimum atomic E-state index is -0.920. The van der Waals surface area contributed by atoms with E-state index in [1.165, 1.54) is 5.01 Å². The van der Waals surface area contributed by atoms with Gasteiger partial charge in [-0.3, -0.25) is 10.2 Å². The fourth-order valence-corrected chi connectivity index (χ4v) is 2.00. The maximum atomic E-state index is 12.0. The Hall–Kier alpha value is -1.34. The second-order valence-electron chi connectivity index (χ2n) is 4.55. The van der Waals surface area contributed by atoms with Gasteiger partial charge in [-0.15, -0.1) is 0 Å². The number of rotatable bonds is 5. The maximum absolute atomic E-state index is 12.0. The summed E-state index contributed by atoms with van der Waals surface area (Å²) < 4.78 is 5.20. The van der Waals surface area contributed by atoms with Crippen LogP contribution in [0.1, 0.15) is 13.3 Å². The number of aliphatic carboxylic acids is 1. The lowest BCUT2D eigenvalue weighted by Gasteiger charge is -2.31. The van der Waals surface area contributed by atoms with Crippen molar-refractivity contribution in [2.75, 3.05) is 33.9 Å². The monoisotopic (exact) mass is 259 g/mol. The van der Waals surface area contributed by atoms with Gasteiger partial charge in [-0.1, -0.05) is 6.92 Å². The van der Waals surface area contributed by atoms with Gasteiger partial charge in [0.15, 0.2) is 0 Å². The van der Waals surface area contributed by atoms with Crippen molar-refractivity contribution in [3.05, 3.63) is 0 Å². The predicted octanol–water partition coefficient (Wildman–Crippen LogP) is -0.0158. The molecule has 2 atom stereocenters. The van der Waals surface area contributed by atoms with Gasteiger partial charge in [-0.25, -0.2) is 9.80 Å². The smallest absolute Gasteiger partial charge is 0.332 e. The minimum Gasteiger partial charge on any atom is -0.481 e. The third kappa shape index (κ3) is 3.58. The number of urea groups is 1. The Morgan fingerprint density at radius 1 is 1.39 bits per heavy atom. The van der Waals surface area contributed by atoms with Gasteiger partial charge in [0, 0.05) is 20.6 Å². The Morgan fingerprint density at radius 3 is 2.56 bits per heavy atom. The highest BCUT2D eigenvalue weighted by Gasteiger charge is 2.39. The van der Waals surface area contributed by atoms with Crippen LogP contribution in [0.25, 0.3) is 0 Å². The topological polar surface area (TPSA) is 82.1 Å². The molecule has 1 fully saturated rings. The lowest BCUT2D eigenvalue weighted by Crippen LogP contribution is -2.53. The molecule has 0 bridgehead atoms. The van der Waals surface area contributed by atoms with Crippen LogP contribution in [0.5, 0.6) is 0 Å². The molecule has 18 heavy (non-hydrogen) atoms.